The lowest BCUT2D eigenvalue weighted by atomic mass is 9.98. The molecule has 0 atom stereocenters. The molecular weight excluding hydrogens is 410 g/mol. The van der Waals surface area contributed by atoms with Gasteiger partial charge in [0.2, 0.25) is 5.78 Å². The molecule has 0 aliphatic carbocycles. The summed E-state index contributed by atoms with van der Waals surface area (Å²) < 4.78 is 12.0. The Morgan fingerprint density at radius 2 is 2.06 bits per heavy atom. The monoisotopic (exact) mass is 429 g/mol. The van der Waals surface area contributed by atoms with Gasteiger partial charge in [-0.1, -0.05) is 6.07 Å². The molecule has 0 saturated heterocycles. The molecule has 0 amide bonds. The number of carbonyl (C=O) groups excluding carboxylic acids is 1. The van der Waals surface area contributed by atoms with Gasteiger partial charge in [-0.05, 0) is 54.0 Å². The Hall–Kier alpha value is -4.04. The van der Waals surface area contributed by atoms with E-state index in [1.807, 2.05) is 31.3 Å². The fraction of sp³-hybridized carbons (Fsp3) is 0.167. The zero-order valence-electron chi connectivity index (χ0n) is 17.3. The average Bonchev–Trinajstić information content (AvgIpc) is 3.12. The van der Waals surface area contributed by atoms with E-state index in [0.29, 0.717) is 42.4 Å². The van der Waals surface area contributed by atoms with Crippen LogP contribution in [0, 0.1) is 17.0 Å². The van der Waals surface area contributed by atoms with Crippen molar-refractivity contribution in [1.82, 2.24) is 9.88 Å². The summed E-state index contributed by atoms with van der Waals surface area (Å²) in [6.07, 6.45) is 5.16. The molecule has 3 heterocycles. The number of hydrogen-bond donors (Lipinski definition) is 0. The number of ether oxygens (including phenoxy) is 2. The Labute approximate surface area is 183 Å². The second-order valence-corrected chi connectivity index (χ2v) is 7.78. The molecule has 2 aromatic carbocycles. The fourth-order valence-electron chi connectivity index (χ4n) is 3.97. The van der Waals surface area contributed by atoms with E-state index in [0.717, 1.165) is 16.7 Å². The van der Waals surface area contributed by atoms with Crippen molar-refractivity contribution in [2.45, 2.75) is 20.0 Å². The second-order valence-electron chi connectivity index (χ2n) is 7.78. The predicted octanol–water partition coefficient (Wildman–Crippen LogP) is 4.27. The molecule has 8 nitrogen and oxygen atoms in total. The van der Waals surface area contributed by atoms with Crippen molar-refractivity contribution in [3.8, 4) is 11.5 Å². The molecule has 1 aromatic heterocycles. The topological polar surface area (TPSA) is 94.8 Å². The van der Waals surface area contributed by atoms with Crippen LogP contribution in [0.4, 0.5) is 5.69 Å². The zero-order chi connectivity index (χ0) is 22.2. The molecule has 32 heavy (non-hydrogen) atoms. The number of fused-ring (bicyclic) bond motifs is 3. The van der Waals surface area contributed by atoms with Crippen molar-refractivity contribution in [1.29, 1.82) is 0 Å². The van der Waals surface area contributed by atoms with Crippen LogP contribution in [0.3, 0.4) is 0 Å². The second kappa shape index (κ2) is 7.90. The van der Waals surface area contributed by atoms with Crippen molar-refractivity contribution in [2.75, 3.05) is 6.73 Å². The highest BCUT2D eigenvalue weighted by Gasteiger charge is 2.35. The molecule has 0 unspecified atom stereocenters. The van der Waals surface area contributed by atoms with Gasteiger partial charge in [0, 0.05) is 37.6 Å². The van der Waals surface area contributed by atoms with Gasteiger partial charge in [0.05, 0.1) is 16.1 Å². The molecule has 160 valence electrons. The first-order chi connectivity index (χ1) is 15.5. The number of allylic oxidation sites excluding steroid dienone is 1. The molecule has 5 rings (SSSR count). The average molecular weight is 429 g/mol. The number of carbonyl (C=O) groups is 1. The molecule has 0 fully saturated rings. The molecule has 0 saturated carbocycles. The van der Waals surface area contributed by atoms with Gasteiger partial charge in [-0.25, -0.2) is 0 Å². The summed E-state index contributed by atoms with van der Waals surface area (Å²) in [4.78, 5) is 29.8. The van der Waals surface area contributed by atoms with Crippen LogP contribution < -0.4 is 9.47 Å². The number of Topliss-reactive ketones (excluding diaryl/α,β-unsaturated/α-hetero) is 1. The zero-order valence-corrected chi connectivity index (χ0v) is 17.3. The van der Waals surface area contributed by atoms with Crippen molar-refractivity contribution in [3.63, 3.8) is 0 Å². The molecule has 8 heteroatoms. The first-order valence-corrected chi connectivity index (χ1v) is 10.1. The van der Waals surface area contributed by atoms with Gasteiger partial charge in [0.25, 0.3) is 5.69 Å². The first-order valence-electron chi connectivity index (χ1n) is 10.1. The van der Waals surface area contributed by atoms with E-state index in [9.17, 15) is 14.9 Å². The first kappa shape index (κ1) is 19.9. The van der Waals surface area contributed by atoms with E-state index >= 15 is 0 Å². The number of pyridine rings is 1. The summed E-state index contributed by atoms with van der Waals surface area (Å²) in [5, 5.41) is 10.9. The third-order valence-electron chi connectivity index (χ3n) is 5.52. The molecular formula is C24H19N3O5. The van der Waals surface area contributed by atoms with Crippen LogP contribution >= 0.6 is 0 Å². The summed E-state index contributed by atoms with van der Waals surface area (Å²) in [6, 6.07) is 11.8. The number of ketones is 1. The molecule has 0 spiro atoms. The smallest absolute Gasteiger partial charge is 0.269 e. The molecule has 0 radical (unpaired) electrons. The minimum Gasteiger partial charge on any atom is -0.478 e. The van der Waals surface area contributed by atoms with Gasteiger partial charge in [-0.3, -0.25) is 24.8 Å². The molecule has 3 aromatic rings. The number of nitro groups is 1. The molecule has 0 bridgehead atoms. The Morgan fingerprint density at radius 3 is 2.78 bits per heavy atom. The van der Waals surface area contributed by atoms with Gasteiger partial charge < -0.3 is 9.47 Å². The normalized spacial score (nSPS) is 16.3. The number of aryl methyl sites for hydroxylation is 1. The van der Waals surface area contributed by atoms with Crippen LogP contribution in [0.2, 0.25) is 0 Å². The number of benzene rings is 2. The van der Waals surface area contributed by atoms with Gasteiger partial charge in [-0.2, -0.15) is 0 Å². The van der Waals surface area contributed by atoms with Gasteiger partial charge in [0.15, 0.2) is 5.76 Å². The van der Waals surface area contributed by atoms with E-state index in [1.54, 1.807) is 24.4 Å². The lowest BCUT2D eigenvalue weighted by Crippen LogP contribution is -2.31. The summed E-state index contributed by atoms with van der Waals surface area (Å²) in [6.45, 7) is 3.53. The van der Waals surface area contributed by atoms with Gasteiger partial charge in [0.1, 0.15) is 18.2 Å². The predicted molar refractivity (Wildman–Crippen MR) is 116 cm³/mol. The maximum Gasteiger partial charge on any atom is 0.269 e. The highest BCUT2D eigenvalue weighted by atomic mass is 16.6. The van der Waals surface area contributed by atoms with Crippen LogP contribution in [0.25, 0.3) is 6.08 Å². The van der Waals surface area contributed by atoms with Crippen LogP contribution in [0.15, 0.2) is 60.6 Å². The Balaban J connectivity index is 1.44. The van der Waals surface area contributed by atoms with Crippen LogP contribution in [0.1, 0.15) is 32.6 Å². The number of non-ortho nitro benzene ring substituents is 1. The fourth-order valence-corrected chi connectivity index (χ4v) is 3.97. The minimum absolute atomic E-state index is 0.00938. The molecule has 2 aliphatic rings. The standard InChI is InChI=1S/C24H19N3O5/c1-15-9-20-19(13-26(14-31-20)12-17-3-2-8-25-11-17)24-22(15)23(28)21(32-24)10-16-4-6-18(7-5-16)27(29)30/h2-11H,12-14H2,1H3/b21-10-. The van der Waals surface area contributed by atoms with E-state index in [4.69, 9.17) is 9.47 Å². The number of hydrogen-bond acceptors (Lipinski definition) is 7. The highest BCUT2D eigenvalue weighted by molar-refractivity contribution is 6.15. The molecule has 2 aliphatic heterocycles. The minimum atomic E-state index is -0.461. The quantitative estimate of drug-likeness (QED) is 0.347. The van der Waals surface area contributed by atoms with Crippen molar-refractivity contribution in [3.05, 3.63) is 98.5 Å². The summed E-state index contributed by atoms with van der Waals surface area (Å²) >= 11 is 0. The van der Waals surface area contributed by atoms with Crippen LogP contribution in [-0.4, -0.2) is 27.3 Å². The number of nitrogens with zero attached hydrogens (tertiary/aromatic N) is 3. The van der Waals surface area contributed by atoms with E-state index < -0.39 is 4.92 Å². The van der Waals surface area contributed by atoms with Crippen molar-refractivity contribution in [2.24, 2.45) is 0 Å². The Bertz CT molecular complexity index is 1250. The maximum atomic E-state index is 13.1. The lowest BCUT2D eigenvalue weighted by Gasteiger charge is -2.30. The number of rotatable bonds is 4. The highest BCUT2D eigenvalue weighted by Crippen LogP contribution is 2.44. The largest absolute Gasteiger partial charge is 0.478 e. The summed E-state index contributed by atoms with van der Waals surface area (Å²) in [5.41, 5.74) is 3.86. The van der Waals surface area contributed by atoms with Crippen molar-refractivity contribution >= 4 is 17.5 Å². The van der Waals surface area contributed by atoms with Gasteiger partial charge >= 0.3 is 0 Å². The maximum absolute atomic E-state index is 13.1. The number of aromatic nitrogens is 1. The lowest BCUT2D eigenvalue weighted by molar-refractivity contribution is -0.384. The third-order valence-corrected chi connectivity index (χ3v) is 5.52. The Kier molecular flexibility index (Phi) is 4.91. The van der Waals surface area contributed by atoms with E-state index in [2.05, 4.69) is 9.88 Å². The van der Waals surface area contributed by atoms with Gasteiger partial charge in [-0.15, -0.1) is 0 Å². The Morgan fingerprint density at radius 1 is 1.25 bits per heavy atom. The summed E-state index contributed by atoms with van der Waals surface area (Å²) in [7, 11) is 0. The van der Waals surface area contributed by atoms with E-state index in [-0.39, 0.29) is 17.2 Å². The third kappa shape index (κ3) is 3.61. The van der Waals surface area contributed by atoms with Crippen LogP contribution in [-0.2, 0) is 13.1 Å². The summed E-state index contributed by atoms with van der Waals surface area (Å²) in [5.74, 6) is 1.22. The number of nitro benzene ring substituents is 1. The SMILES string of the molecule is Cc1cc2c(c3c1C(=O)/C(=C/c1ccc([N+](=O)[O-])cc1)O3)CN(Cc1cccnc1)CO2. The van der Waals surface area contributed by atoms with Crippen molar-refractivity contribution < 1.29 is 19.2 Å². The molecule has 0 N–H and O–H groups in total. The van der Waals surface area contributed by atoms with E-state index in [1.165, 1.54) is 12.1 Å². The van der Waals surface area contributed by atoms with Crippen LogP contribution in [0.5, 0.6) is 11.5 Å².